The number of thioether (sulfide) groups is 2. The Morgan fingerprint density at radius 1 is 1.23 bits per heavy atom. The molecule has 2 saturated carbocycles. The number of carbonyl (C=O) groups is 2. The first-order chi connectivity index (χ1) is 14.2. The van der Waals surface area contributed by atoms with Crippen LogP contribution in [0.2, 0.25) is 0 Å². The standard InChI is InChI=1S/C21H34N2O5S3/c1-19(2,3)28-16(24)11-14(22-18(29-6)30-7)17(25)23-12-21-9-8-13(20(21,4)5)10-15(21)31(23,26)27/h13-15H,8-12H2,1-7H3/t13?,14?,15-,21?/m0/s1. The molecule has 1 heterocycles. The van der Waals surface area contributed by atoms with E-state index in [4.69, 9.17) is 4.74 Å². The summed E-state index contributed by atoms with van der Waals surface area (Å²) in [7, 11) is -3.79. The number of fused-ring (bicyclic) bond motifs is 1. The lowest BCUT2D eigenvalue weighted by Crippen LogP contribution is -2.43. The predicted molar refractivity (Wildman–Crippen MR) is 127 cm³/mol. The normalized spacial score (nSPS) is 31.3. The van der Waals surface area contributed by atoms with Crippen molar-refractivity contribution in [3.63, 3.8) is 0 Å². The molecule has 176 valence electrons. The lowest BCUT2D eigenvalue weighted by atomic mass is 9.69. The van der Waals surface area contributed by atoms with Crippen molar-refractivity contribution < 1.29 is 22.7 Å². The van der Waals surface area contributed by atoms with Gasteiger partial charge in [-0.1, -0.05) is 13.8 Å². The van der Waals surface area contributed by atoms with Crippen LogP contribution < -0.4 is 0 Å². The van der Waals surface area contributed by atoms with Crippen LogP contribution in [0, 0.1) is 16.7 Å². The fourth-order valence-corrected chi connectivity index (χ4v) is 9.46. The Kier molecular flexibility index (Phi) is 6.62. The maximum absolute atomic E-state index is 13.6. The lowest BCUT2D eigenvalue weighted by molar-refractivity contribution is -0.156. The molecule has 31 heavy (non-hydrogen) atoms. The van der Waals surface area contributed by atoms with Crippen LogP contribution in [0.3, 0.4) is 0 Å². The van der Waals surface area contributed by atoms with Crippen molar-refractivity contribution in [3.8, 4) is 0 Å². The van der Waals surface area contributed by atoms with Gasteiger partial charge < -0.3 is 4.74 Å². The van der Waals surface area contributed by atoms with E-state index in [9.17, 15) is 18.0 Å². The number of carbonyl (C=O) groups excluding carboxylic acids is 2. The van der Waals surface area contributed by atoms with E-state index in [1.54, 1.807) is 20.8 Å². The summed E-state index contributed by atoms with van der Waals surface area (Å²) in [4.78, 5) is 30.5. The van der Waals surface area contributed by atoms with Crippen molar-refractivity contribution in [1.82, 2.24) is 4.31 Å². The second-order valence-electron chi connectivity index (χ2n) is 10.3. The molecule has 0 N–H and O–H groups in total. The molecule has 0 aromatic heterocycles. The largest absolute Gasteiger partial charge is 0.460 e. The molecule has 2 bridgehead atoms. The number of sulfonamides is 1. The topological polar surface area (TPSA) is 93.1 Å². The predicted octanol–water partition coefficient (Wildman–Crippen LogP) is 3.54. The zero-order valence-electron chi connectivity index (χ0n) is 19.4. The van der Waals surface area contributed by atoms with Gasteiger partial charge in [0.1, 0.15) is 16.0 Å². The van der Waals surface area contributed by atoms with Crippen LogP contribution in [0.1, 0.15) is 60.3 Å². The number of esters is 1. The van der Waals surface area contributed by atoms with Crippen molar-refractivity contribution in [3.05, 3.63) is 0 Å². The summed E-state index contributed by atoms with van der Waals surface area (Å²) in [6, 6.07) is -1.12. The number of nitrogens with zero attached hydrogens (tertiary/aromatic N) is 2. The summed E-state index contributed by atoms with van der Waals surface area (Å²) in [5.41, 5.74) is -1.24. The van der Waals surface area contributed by atoms with Crippen molar-refractivity contribution in [2.24, 2.45) is 21.7 Å². The van der Waals surface area contributed by atoms with E-state index in [1.807, 2.05) is 12.5 Å². The zero-order chi connectivity index (χ0) is 23.4. The highest BCUT2D eigenvalue weighted by atomic mass is 32.2. The molecule has 1 amide bonds. The molecule has 10 heteroatoms. The number of amides is 1. The second-order valence-corrected chi connectivity index (χ2v) is 14.2. The van der Waals surface area contributed by atoms with Gasteiger partial charge in [0.25, 0.3) is 5.91 Å². The van der Waals surface area contributed by atoms with Crippen LogP contribution in [-0.4, -0.2) is 64.9 Å². The zero-order valence-corrected chi connectivity index (χ0v) is 21.9. The van der Waals surface area contributed by atoms with Gasteiger partial charge in [-0.15, -0.1) is 23.5 Å². The van der Waals surface area contributed by atoms with Gasteiger partial charge in [0.05, 0.1) is 11.7 Å². The fourth-order valence-electron chi connectivity index (χ4n) is 5.70. The number of rotatable bonds is 4. The van der Waals surface area contributed by atoms with Crippen molar-refractivity contribution in [1.29, 1.82) is 0 Å². The first-order valence-electron chi connectivity index (χ1n) is 10.6. The third kappa shape index (κ3) is 4.16. The van der Waals surface area contributed by atoms with Crippen LogP contribution in [-0.2, 0) is 24.3 Å². The van der Waals surface area contributed by atoms with Crippen molar-refractivity contribution >= 4 is 49.8 Å². The molecule has 0 radical (unpaired) electrons. The molecule has 4 atom stereocenters. The number of aliphatic imine (C=N–C) groups is 1. The van der Waals surface area contributed by atoms with E-state index in [-0.39, 0.29) is 18.4 Å². The molecule has 3 unspecified atom stereocenters. The summed E-state index contributed by atoms with van der Waals surface area (Å²) >= 11 is 2.73. The van der Waals surface area contributed by atoms with Gasteiger partial charge in [0, 0.05) is 12.0 Å². The van der Waals surface area contributed by atoms with E-state index >= 15 is 0 Å². The summed E-state index contributed by atoms with van der Waals surface area (Å²) in [5.74, 6) is -0.804. The van der Waals surface area contributed by atoms with Gasteiger partial charge in [-0.3, -0.25) is 14.6 Å². The monoisotopic (exact) mass is 490 g/mol. The number of hydrogen-bond donors (Lipinski definition) is 0. The van der Waals surface area contributed by atoms with Gasteiger partial charge in [-0.2, -0.15) is 0 Å². The van der Waals surface area contributed by atoms with E-state index < -0.39 is 44.2 Å². The van der Waals surface area contributed by atoms with Crippen LogP contribution in [0.5, 0.6) is 0 Å². The molecule has 1 spiro atoms. The van der Waals surface area contributed by atoms with E-state index in [2.05, 4.69) is 18.8 Å². The average molecular weight is 491 g/mol. The second kappa shape index (κ2) is 8.24. The minimum Gasteiger partial charge on any atom is -0.460 e. The Morgan fingerprint density at radius 2 is 1.84 bits per heavy atom. The first-order valence-corrected chi connectivity index (χ1v) is 14.6. The van der Waals surface area contributed by atoms with Gasteiger partial charge in [0.15, 0.2) is 0 Å². The van der Waals surface area contributed by atoms with Crippen LogP contribution in [0.25, 0.3) is 0 Å². The molecule has 2 aliphatic carbocycles. The quantitative estimate of drug-likeness (QED) is 0.338. The van der Waals surface area contributed by atoms with Gasteiger partial charge >= 0.3 is 5.97 Å². The Bertz CT molecular complexity index is 887. The molecule has 1 saturated heterocycles. The molecular formula is C21H34N2O5S3. The number of hydrogen-bond acceptors (Lipinski definition) is 8. The van der Waals surface area contributed by atoms with Crippen LogP contribution in [0.15, 0.2) is 4.99 Å². The van der Waals surface area contributed by atoms with Gasteiger partial charge in [-0.25, -0.2) is 12.7 Å². The molecule has 3 aliphatic rings. The van der Waals surface area contributed by atoms with Crippen molar-refractivity contribution in [2.45, 2.75) is 77.2 Å². The maximum atomic E-state index is 13.6. The smallest absolute Gasteiger partial charge is 0.309 e. The van der Waals surface area contributed by atoms with Crippen LogP contribution >= 0.6 is 23.5 Å². The first kappa shape index (κ1) is 24.9. The van der Waals surface area contributed by atoms with E-state index in [0.717, 1.165) is 17.1 Å². The molecule has 3 rings (SSSR count). The third-order valence-electron chi connectivity index (χ3n) is 7.37. The molecule has 0 aromatic carbocycles. The Morgan fingerprint density at radius 3 is 2.32 bits per heavy atom. The Balaban J connectivity index is 1.92. The highest BCUT2D eigenvalue weighted by Gasteiger charge is 2.73. The highest BCUT2D eigenvalue weighted by molar-refractivity contribution is 8.38. The third-order valence-corrected chi connectivity index (χ3v) is 11.6. The summed E-state index contributed by atoms with van der Waals surface area (Å²) in [6.45, 7) is 9.74. The molecular weight excluding hydrogens is 456 g/mol. The fraction of sp³-hybridized carbons (Fsp3) is 0.857. The minimum atomic E-state index is -3.79. The Labute approximate surface area is 194 Å². The van der Waals surface area contributed by atoms with Gasteiger partial charge in [-0.05, 0) is 63.9 Å². The Hall–Kier alpha value is -0.740. The molecule has 3 fully saturated rings. The summed E-state index contributed by atoms with van der Waals surface area (Å²) in [6.07, 6.45) is 5.82. The van der Waals surface area contributed by atoms with E-state index in [0.29, 0.717) is 16.7 Å². The summed E-state index contributed by atoms with van der Waals surface area (Å²) in [5, 5.41) is -0.524. The average Bonchev–Trinajstić information content (AvgIpc) is 3.14. The molecule has 1 aliphatic heterocycles. The van der Waals surface area contributed by atoms with Crippen LogP contribution in [0.4, 0.5) is 0 Å². The minimum absolute atomic E-state index is 0.132. The molecule has 0 aromatic rings. The maximum Gasteiger partial charge on any atom is 0.309 e. The lowest BCUT2D eigenvalue weighted by Gasteiger charge is -2.36. The van der Waals surface area contributed by atoms with E-state index in [1.165, 1.54) is 23.5 Å². The van der Waals surface area contributed by atoms with Crippen molar-refractivity contribution in [2.75, 3.05) is 19.1 Å². The molecule has 7 nitrogen and oxygen atoms in total. The number of ether oxygens (including phenoxy) is 1. The van der Waals surface area contributed by atoms with Gasteiger partial charge in [0.2, 0.25) is 10.0 Å². The highest BCUT2D eigenvalue weighted by Crippen LogP contribution is 2.70. The summed E-state index contributed by atoms with van der Waals surface area (Å²) < 4.78 is 34.0. The SMILES string of the molecule is CSC(=NC(CC(=O)OC(C)(C)C)C(=O)N1CC23CCC(C[C@@H]2S1(=O)=O)C3(C)C)SC.